The molecule has 1 aromatic rings. The van der Waals surface area contributed by atoms with E-state index in [9.17, 15) is 4.79 Å². The molecule has 2 rings (SSSR count). The van der Waals surface area contributed by atoms with Gasteiger partial charge in [-0.25, -0.2) is 0 Å². The normalized spacial score (nSPS) is 16.2. The summed E-state index contributed by atoms with van der Waals surface area (Å²) in [4.78, 5) is 11.1. The van der Waals surface area contributed by atoms with Crippen LogP contribution in [0.15, 0.2) is 24.3 Å². The highest BCUT2D eigenvalue weighted by atomic mass is 16.5. The Morgan fingerprint density at radius 3 is 2.80 bits per heavy atom. The number of methoxy groups -OCH3 is 1. The second-order valence-corrected chi connectivity index (χ2v) is 4.71. The number of carbonyl (C=O) groups is 1. The smallest absolute Gasteiger partial charge is 0.258 e. The molecule has 0 saturated heterocycles. The lowest BCUT2D eigenvalue weighted by Gasteiger charge is -2.18. The number of amides is 1. The molecule has 108 valence electrons. The van der Waals surface area contributed by atoms with Crippen LogP contribution < -0.4 is 20.5 Å². The van der Waals surface area contributed by atoms with Crippen LogP contribution in [0, 0.1) is 0 Å². The van der Waals surface area contributed by atoms with E-state index in [2.05, 4.69) is 11.4 Å². The van der Waals surface area contributed by atoms with Gasteiger partial charge in [-0.05, 0) is 43.2 Å². The molecular weight excluding hydrogens is 256 g/mol. The van der Waals surface area contributed by atoms with Gasteiger partial charge in [0.15, 0.2) is 17.6 Å². The third-order valence-corrected chi connectivity index (χ3v) is 3.30. The van der Waals surface area contributed by atoms with Crippen molar-refractivity contribution in [3.63, 3.8) is 0 Å². The molecule has 1 atom stereocenters. The highest BCUT2D eigenvalue weighted by molar-refractivity contribution is 5.79. The summed E-state index contributed by atoms with van der Waals surface area (Å²) >= 11 is 0. The van der Waals surface area contributed by atoms with Crippen molar-refractivity contribution in [3.8, 4) is 11.5 Å². The predicted octanol–water partition coefficient (Wildman–Crippen LogP) is 1.32. The first kappa shape index (κ1) is 14.4. The van der Waals surface area contributed by atoms with Gasteiger partial charge in [0, 0.05) is 6.54 Å². The van der Waals surface area contributed by atoms with Crippen molar-refractivity contribution >= 4 is 11.5 Å². The average Bonchev–Trinajstić information content (AvgIpc) is 2.48. The average molecular weight is 276 g/mol. The van der Waals surface area contributed by atoms with Crippen LogP contribution in [0.5, 0.6) is 11.5 Å². The fourth-order valence-electron chi connectivity index (χ4n) is 2.10. The Bertz CT molecular complexity index is 526. The Labute approximate surface area is 118 Å². The third-order valence-electron chi connectivity index (χ3n) is 3.30. The highest BCUT2D eigenvalue weighted by Gasteiger charge is 2.15. The molecule has 5 nitrogen and oxygen atoms in total. The molecule has 0 aliphatic carbocycles. The quantitative estimate of drug-likeness (QED) is 0.850. The zero-order chi connectivity index (χ0) is 14.5. The molecule has 0 radical (unpaired) electrons. The standard InChI is InChI=1S/C15H20N2O3/c1-10(15(16)18)20-13-4-3-12(9-14(13)19-2)11-5-7-17-8-6-11/h3-5,9-10,17H,6-8H2,1-2H3,(H2,16,18). The van der Waals surface area contributed by atoms with E-state index in [-0.39, 0.29) is 0 Å². The molecule has 1 aromatic carbocycles. The third kappa shape index (κ3) is 3.30. The molecule has 3 N–H and O–H groups in total. The van der Waals surface area contributed by atoms with Crippen LogP contribution in [0.3, 0.4) is 0 Å². The van der Waals surface area contributed by atoms with Gasteiger partial charge in [0.2, 0.25) is 0 Å². The molecule has 1 heterocycles. The summed E-state index contributed by atoms with van der Waals surface area (Å²) in [6.07, 6.45) is 2.47. The van der Waals surface area contributed by atoms with Crippen molar-refractivity contribution < 1.29 is 14.3 Å². The van der Waals surface area contributed by atoms with E-state index in [1.54, 1.807) is 14.0 Å². The molecule has 5 heteroatoms. The summed E-state index contributed by atoms with van der Waals surface area (Å²) in [7, 11) is 1.58. The molecule has 1 aliphatic rings. The van der Waals surface area contributed by atoms with Crippen LogP contribution in [0.25, 0.3) is 5.57 Å². The van der Waals surface area contributed by atoms with Crippen LogP contribution in [-0.4, -0.2) is 32.2 Å². The number of carbonyl (C=O) groups excluding carboxylic acids is 1. The number of nitrogens with one attached hydrogen (secondary N) is 1. The van der Waals surface area contributed by atoms with Crippen LogP contribution in [0.4, 0.5) is 0 Å². The van der Waals surface area contributed by atoms with Crippen molar-refractivity contribution in [1.29, 1.82) is 0 Å². The van der Waals surface area contributed by atoms with Gasteiger partial charge in [-0.3, -0.25) is 4.79 Å². The van der Waals surface area contributed by atoms with Crippen molar-refractivity contribution in [3.05, 3.63) is 29.8 Å². The number of hydrogen-bond donors (Lipinski definition) is 2. The van der Waals surface area contributed by atoms with E-state index < -0.39 is 12.0 Å². The zero-order valence-corrected chi connectivity index (χ0v) is 11.8. The SMILES string of the molecule is COc1cc(C2=CCNCC2)ccc1OC(C)C(N)=O. The molecule has 0 bridgehead atoms. The molecule has 0 fully saturated rings. The van der Waals surface area contributed by atoms with Gasteiger partial charge < -0.3 is 20.5 Å². The first-order valence-electron chi connectivity index (χ1n) is 6.66. The van der Waals surface area contributed by atoms with Crippen molar-refractivity contribution in [1.82, 2.24) is 5.32 Å². The first-order chi connectivity index (χ1) is 9.61. The van der Waals surface area contributed by atoms with Crippen molar-refractivity contribution in [2.45, 2.75) is 19.4 Å². The van der Waals surface area contributed by atoms with E-state index in [1.807, 2.05) is 18.2 Å². The van der Waals surface area contributed by atoms with E-state index >= 15 is 0 Å². The minimum atomic E-state index is -0.687. The predicted molar refractivity (Wildman–Crippen MR) is 77.7 cm³/mol. The van der Waals surface area contributed by atoms with Crippen molar-refractivity contribution in [2.24, 2.45) is 5.73 Å². The first-order valence-corrected chi connectivity index (χ1v) is 6.66. The number of rotatable bonds is 5. The van der Waals surface area contributed by atoms with Crippen LogP contribution in [-0.2, 0) is 4.79 Å². The van der Waals surface area contributed by atoms with E-state index in [4.69, 9.17) is 15.2 Å². The minimum absolute atomic E-state index is 0.503. The lowest BCUT2D eigenvalue weighted by molar-refractivity contribution is -0.124. The maximum absolute atomic E-state index is 11.1. The Balaban J connectivity index is 2.23. The fraction of sp³-hybridized carbons (Fsp3) is 0.400. The second kappa shape index (κ2) is 6.43. The number of ether oxygens (including phenoxy) is 2. The number of nitrogens with two attached hydrogens (primary N) is 1. The largest absolute Gasteiger partial charge is 0.493 e. The second-order valence-electron chi connectivity index (χ2n) is 4.71. The summed E-state index contributed by atoms with van der Waals surface area (Å²) in [5.74, 6) is 0.629. The van der Waals surface area contributed by atoms with Gasteiger partial charge in [0.1, 0.15) is 0 Å². The van der Waals surface area contributed by atoms with Crippen LogP contribution in [0.2, 0.25) is 0 Å². The number of hydrogen-bond acceptors (Lipinski definition) is 4. The lowest BCUT2D eigenvalue weighted by atomic mass is 10.00. The van der Waals surface area contributed by atoms with Crippen LogP contribution >= 0.6 is 0 Å². The Morgan fingerprint density at radius 2 is 2.20 bits per heavy atom. The van der Waals surface area contributed by atoms with Gasteiger partial charge in [0.25, 0.3) is 5.91 Å². The topological polar surface area (TPSA) is 73.6 Å². The van der Waals surface area contributed by atoms with Gasteiger partial charge in [-0.2, -0.15) is 0 Å². The molecule has 1 unspecified atom stereocenters. The van der Waals surface area contributed by atoms with Gasteiger partial charge in [-0.15, -0.1) is 0 Å². The molecule has 20 heavy (non-hydrogen) atoms. The summed E-state index contributed by atoms with van der Waals surface area (Å²) in [5, 5.41) is 3.28. The van der Waals surface area contributed by atoms with E-state index in [0.717, 1.165) is 25.1 Å². The summed E-state index contributed by atoms with van der Waals surface area (Å²) in [5.41, 5.74) is 7.60. The number of benzene rings is 1. The molecular formula is C15H20N2O3. The zero-order valence-electron chi connectivity index (χ0n) is 11.8. The van der Waals surface area contributed by atoms with E-state index in [1.165, 1.54) is 5.57 Å². The van der Waals surface area contributed by atoms with E-state index in [0.29, 0.717) is 11.5 Å². The Kier molecular flexibility index (Phi) is 4.63. The Morgan fingerprint density at radius 1 is 1.40 bits per heavy atom. The lowest BCUT2D eigenvalue weighted by Crippen LogP contribution is -2.30. The highest BCUT2D eigenvalue weighted by Crippen LogP contribution is 2.32. The molecule has 1 amide bonds. The maximum Gasteiger partial charge on any atom is 0.258 e. The maximum atomic E-state index is 11.1. The number of primary amides is 1. The molecule has 0 aromatic heterocycles. The van der Waals surface area contributed by atoms with Crippen LogP contribution in [0.1, 0.15) is 18.9 Å². The summed E-state index contributed by atoms with van der Waals surface area (Å²) in [6.45, 7) is 3.48. The monoisotopic (exact) mass is 276 g/mol. The molecule has 0 saturated carbocycles. The molecule has 1 aliphatic heterocycles. The van der Waals surface area contributed by atoms with Gasteiger partial charge >= 0.3 is 0 Å². The fourth-order valence-corrected chi connectivity index (χ4v) is 2.10. The van der Waals surface area contributed by atoms with Gasteiger partial charge in [0.05, 0.1) is 7.11 Å². The van der Waals surface area contributed by atoms with Crippen molar-refractivity contribution in [2.75, 3.05) is 20.2 Å². The Hall–Kier alpha value is -2.01. The summed E-state index contributed by atoms with van der Waals surface area (Å²) < 4.78 is 10.8. The molecule has 0 spiro atoms. The summed E-state index contributed by atoms with van der Waals surface area (Å²) in [6, 6.07) is 5.72. The van der Waals surface area contributed by atoms with Gasteiger partial charge in [-0.1, -0.05) is 12.1 Å². The minimum Gasteiger partial charge on any atom is -0.493 e.